The molecule has 0 amide bonds. The first kappa shape index (κ1) is 10.8. The normalized spacial score (nSPS) is 11.0. The van der Waals surface area contributed by atoms with E-state index >= 15 is 0 Å². The summed E-state index contributed by atoms with van der Waals surface area (Å²) in [6.45, 7) is 4.46. The van der Waals surface area contributed by atoms with Gasteiger partial charge in [-0.1, -0.05) is 0 Å². The van der Waals surface area contributed by atoms with Crippen molar-refractivity contribution in [2.75, 3.05) is 5.32 Å². The number of nitrogens with zero attached hydrogens (tertiary/aromatic N) is 4. The van der Waals surface area contributed by atoms with Crippen LogP contribution in [0.15, 0.2) is 28.9 Å². The number of rotatable bonds is 3. The van der Waals surface area contributed by atoms with Crippen LogP contribution in [0.25, 0.3) is 5.78 Å². The van der Waals surface area contributed by atoms with Crippen LogP contribution in [0.4, 0.5) is 5.82 Å². The van der Waals surface area contributed by atoms with Crippen molar-refractivity contribution in [2.45, 2.75) is 20.4 Å². The van der Waals surface area contributed by atoms with Gasteiger partial charge in [-0.2, -0.15) is 14.6 Å². The third-order valence-corrected chi connectivity index (χ3v) is 2.62. The van der Waals surface area contributed by atoms with Crippen LogP contribution in [-0.2, 0) is 6.54 Å². The van der Waals surface area contributed by atoms with Crippen molar-refractivity contribution in [3.63, 3.8) is 0 Å². The molecule has 0 atom stereocenters. The summed E-state index contributed by atoms with van der Waals surface area (Å²) in [4.78, 5) is 8.36. The number of hydrogen-bond donors (Lipinski definition) is 1. The number of aryl methyl sites for hydroxylation is 2. The maximum absolute atomic E-state index is 5.51. The molecule has 0 saturated heterocycles. The second-order valence-corrected chi connectivity index (χ2v) is 4.12. The lowest BCUT2D eigenvalue weighted by molar-refractivity contribution is 0.490. The summed E-state index contributed by atoms with van der Waals surface area (Å²) >= 11 is 0. The Kier molecular flexibility index (Phi) is 2.47. The summed E-state index contributed by atoms with van der Waals surface area (Å²) in [7, 11) is 0. The Balaban J connectivity index is 1.87. The fraction of sp³-hybridized carbons (Fsp3) is 0.250. The predicted molar refractivity (Wildman–Crippen MR) is 66.3 cm³/mol. The molecule has 92 valence electrons. The van der Waals surface area contributed by atoms with E-state index in [9.17, 15) is 0 Å². The summed E-state index contributed by atoms with van der Waals surface area (Å²) in [6.07, 6.45) is 1.49. The molecule has 6 heteroatoms. The van der Waals surface area contributed by atoms with E-state index in [0.717, 1.165) is 23.0 Å². The number of hydrogen-bond acceptors (Lipinski definition) is 5. The van der Waals surface area contributed by atoms with E-state index in [2.05, 4.69) is 20.4 Å². The van der Waals surface area contributed by atoms with Gasteiger partial charge in [0.2, 0.25) is 0 Å². The number of aromatic nitrogens is 4. The maximum atomic E-state index is 5.51. The first-order valence-corrected chi connectivity index (χ1v) is 5.69. The number of fused-ring (bicyclic) bond motifs is 1. The molecule has 0 unspecified atom stereocenters. The number of anilines is 1. The Morgan fingerprint density at radius 3 is 3.00 bits per heavy atom. The Morgan fingerprint density at radius 2 is 2.22 bits per heavy atom. The monoisotopic (exact) mass is 243 g/mol. The van der Waals surface area contributed by atoms with Crippen molar-refractivity contribution in [3.05, 3.63) is 41.7 Å². The van der Waals surface area contributed by atoms with Gasteiger partial charge in [0.15, 0.2) is 0 Å². The van der Waals surface area contributed by atoms with Gasteiger partial charge in [-0.05, 0) is 26.0 Å². The summed E-state index contributed by atoms with van der Waals surface area (Å²) in [5, 5.41) is 7.40. The van der Waals surface area contributed by atoms with Gasteiger partial charge >= 0.3 is 0 Å². The van der Waals surface area contributed by atoms with Crippen LogP contribution in [0.1, 0.15) is 17.2 Å². The minimum atomic E-state index is 0.591. The van der Waals surface area contributed by atoms with Gasteiger partial charge in [-0.25, -0.2) is 4.98 Å². The Bertz CT molecular complexity index is 685. The molecule has 0 spiro atoms. The van der Waals surface area contributed by atoms with Gasteiger partial charge < -0.3 is 9.73 Å². The molecule has 0 aromatic carbocycles. The maximum Gasteiger partial charge on any atom is 0.254 e. The molecular formula is C12H13N5O. The molecular weight excluding hydrogens is 230 g/mol. The zero-order chi connectivity index (χ0) is 12.5. The zero-order valence-electron chi connectivity index (χ0n) is 10.2. The number of furan rings is 1. The molecule has 0 bridgehead atoms. The molecule has 3 rings (SSSR count). The SMILES string of the molecule is Cc1cc(NCc2ccc(C)o2)n2ncnc2n1. The third kappa shape index (κ3) is 1.92. The molecule has 0 aliphatic carbocycles. The Labute approximate surface area is 104 Å². The summed E-state index contributed by atoms with van der Waals surface area (Å²) in [6, 6.07) is 5.83. The van der Waals surface area contributed by atoms with E-state index < -0.39 is 0 Å². The topological polar surface area (TPSA) is 68.2 Å². The van der Waals surface area contributed by atoms with E-state index in [4.69, 9.17) is 4.42 Å². The molecule has 3 heterocycles. The lowest BCUT2D eigenvalue weighted by Gasteiger charge is -2.06. The molecule has 3 aromatic heterocycles. The quantitative estimate of drug-likeness (QED) is 0.761. The van der Waals surface area contributed by atoms with Crippen LogP contribution >= 0.6 is 0 Å². The second kappa shape index (κ2) is 4.14. The first-order chi connectivity index (χ1) is 8.72. The zero-order valence-corrected chi connectivity index (χ0v) is 10.2. The van der Waals surface area contributed by atoms with E-state index in [-0.39, 0.29) is 0 Å². The van der Waals surface area contributed by atoms with E-state index in [1.807, 2.05) is 32.0 Å². The molecule has 0 aliphatic heterocycles. The fourth-order valence-corrected chi connectivity index (χ4v) is 1.81. The Hall–Kier alpha value is -2.37. The predicted octanol–water partition coefficient (Wildman–Crippen LogP) is 1.95. The molecule has 6 nitrogen and oxygen atoms in total. The van der Waals surface area contributed by atoms with Gasteiger partial charge in [-0.3, -0.25) is 0 Å². The van der Waals surface area contributed by atoms with E-state index in [1.165, 1.54) is 6.33 Å². The lowest BCUT2D eigenvalue weighted by Crippen LogP contribution is -2.06. The average Bonchev–Trinajstić information content (AvgIpc) is 2.94. The summed E-state index contributed by atoms with van der Waals surface area (Å²) in [5.74, 6) is 3.23. The van der Waals surface area contributed by atoms with E-state index in [0.29, 0.717) is 12.3 Å². The van der Waals surface area contributed by atoms with Crippen LogP contribution in [0.5, 0.6) is 0 Å². The van der Waals surface area contributed by atoms with Gasteiger partial charge in [-0.15, -0.1) is 0 Å². The third-order valence-electron chi connectivity index (χ3n) is 2.62. The van der Waals surface area contributed by atoms with E-state index in [1.54, 1.807) is 4.52 Å². The van der Waals surface area contributed by atoms with Crippen LogP contribution < -0.4 is 5.32 Å². The summed E-state index contributed by atoms with van der Waals surface area (Å²) in [5.41, 5.74) is 0.897. The lowest BCUT2D eigenvalue weighted by atomic mass is 10.4. The van der Waals surface area contributed by atoms with Crippen molar-refractivity contribution in [3.8, 4) is 0 Å². The second-order valence-electron chi connectivity index (χ2n) is 4.12. The van der Waals surface area contributed by atoms with Gasteiger partial charge in [0.1, 0.15) is 23.7 Å². The van der Waals surface area contributed by atoms with Crippen LogP contribution in [-0.4, -0.2) is 19.6 Å². The minimum absolute atomic E-state index is 0.591. The molecule has 0 saturated carbocycles. The number of nitrogens with one attached hydrogen (secondary N) is 1. The highest BCUT2D eigenvalue weighted by Crippen LogP contribution is 2.13. The van der Waals surface area contributed by atoms with Crippen molar-refractivity contribution in [1.29, 1.82) is 0 Å². The molecule has 3 aromatic rings. The molecule has 0 fully saturated rings. The molecule has 0 aliphatic rings. The Morgan fingerprint density at radius 1 is 1.33 bits per heavy atom. The summed E-state index contributed by atoms with van der Waals surface area (Å²) < 4.78 is 7.18. The van der Waals surface area contributed by atoms with Gasteiger partial charge in [0.25, 0.3) is 5.78 Å². The average molecular weight is 243 g/mol. The minimum Gasteiger partial charge on any atom is -0.465 e. The van der Waals surface area contributed by atoms with Crippen molar-refractivity contribution in [2.24, 2.45) is 0 Å². The molecule has 1 N–H and O–H groups in total. The van der Waals surface area contributed by atoms with Crippen molar-refractivity contribution < 1.29 is 4.42 Å². The largest absolute Gasteiger partial charge is 0.465 e. The first-order valence-electron chi connectivity index (χ1n) is 5.69. The van der Waals surface area contributed by atoms with Gasteiger partial charge in [0, 0.05) is 11.8 Å². The van der Waals surface area contributed by atoms with Crippen molar-refractivity contribution >= 4 is 11.6 Å². The van der Waals surface area contributed by atoms with Crippen LogP contribution in [0.3, 0.4) is 0 Å². The highest BCUT2D eigenvalue weighted by atomic mass is 16.3. The van der Waals surface area contributed by atoms with Crippen LogP contribution in [0, 0.1) is 13.8 Å². The highest BCUT2D eigenvalue weighted by Gasteiger charge is 2.06. The smallest absolute Gasteiger partial charge is 0.254 e. The highest BCUT2D eigenvalue weighted by molar-refractivity contribution is 5.44. The standard InChI is InChI=1S/C12H13N5O/c1-8-5-11(17-12(16-8)14-7-15-17)13-6-10-4-3-9(2)18-10/h3-5,7,13H,6H2,1-2H3. The molecule has 18 heavy (non-hydrogen) atoms. The fourth-order valence-electron chi connectivity index (χ4n) is 1.81. The van der Waals surface area contributed by atoms with Crippen LogP contribution in [0.2, 0.25) is 0 Å². The van der Waals surface area contributed by atoms with Crippen molar-refractivity contribution in [1.82, 2.24) is 19.6 Å². The molecule has 0 radical (unpaired) electrons. The van der Waals surface area contributed by atoms with Gasteiger partial charge in [0.05, 0.1) is 6.54 Å².